The highest BCUT2D eigenvalue weighted by Gasteiger charge is 2.03. The number of nitrogens with one attached hydrogen (secondary N) is 2. The molecule has 0 aromatic carbocycles. The molecule has 0 saturated heterocycles. The van der Waals surface area contributed by atoms with Gasteiger partial charge in [-0.3, -0.25) is 5.10 Å². The van der Waals surface area contributed by atoms with Crippen LogP contribution in [0.25, 0.3) is 0 Å². The van der Waals surface area contributed by atoms with Gasteiger partial charge in [0.25, 0.3) is 0 Å². The zero-order chi connectivity index (χ0) is 11.4. The first-order chi connectivity index (χ1) is 7.81. The van der Waals surface area contributed by atoms with Crippen molar-refractivity contribution in [3.8, 4) is 6.07 Å². The Morgan fingerprint density at radius 1 is 1.56 bits per heavy atom. The molecule has 0 fully saturated rings. The van der Waals surface area contributed by atoms with E-state index in [1.165, 1.54) is 0 Å². The summed E-state index contributed by atoms with van der Waals surface area (Å²) in [4.78, 5) is 3.97. The summed E-state index contributed by atoms with van der Waals surface area (Å²) in [6, 6.07) is 5.67. The maximum absolute atomic E-state index is 8.86. The van der Waals surface area contributed by atoms with Gasteiger partial charge in [0.05, 0.1) is 11.9 Å². The van der Waals surface area contributed by atoms with Crippen LogP contribution in [0.1, 0.15) is 17.0 Å². The van der Waals surface area contributed by atoms with E-state index in [0.717, 1.165) is 16.9 Å². The molecule has 2 heterocycles. The van der Waals surface area contributed by atoms with Gasteiger partial charge in [-0.15, -0.1) is 0 Å². The molecule has 0 aliphatic rings. The molecule has 0 unspecified atom stereocenters. The van der Waals surface area contributed by atoms with Gasteiger partial charge in [0.15, 0.2) is 5.69 Å². The summed E-state index contributed by atoms with van der Waals surface area (Å²) in [5.41, 5.74) is 3.25. The summed E-state index contributed by atoms with van der Waals surface area (Å²) in [5.74, 6) is 0. The van der Waals surface area contributed by atoms with Crippen LogP contribution in [0.4, 0.5) is 5.69 Å². The topological polar surface area (TPSA) is 77.4 Å². The second-order valence-electron chi connectivity index (χ2n) is 3.39. The van der Waals surface area contributed by atoms with Crippen LogP contribution >= 0.6 is 0 Å². The molecular weight excluding hydrogens is 202 g/mol. The van der Waals surface area contributed by atoms with Gasteiger partial charge in [-0.2, -0.15) is 10.4 Å². The molecule has 2 N–H and O–H groups in total. The third-order valence-corrected chi connectivity index (χ3v) is 2.32. The molecule has 0 atom stereocenters. The fourth-order valence-corrected chi connectivity index (χ4v) is 1.38. The lowest BCUT2D eigenvalue weighted by Crippen LogP contribution is -2.02. The maximum atomic E-state index is 8.86. The van der Waals surface area contributed by atoms with E-state index in [2.05, 4.69) is 20.5 Å². The van der Waals surface area contributed by atoms with Crippen LogP contribution in [0.2, 0.25) is 0 Å². The first-order valence-electron chi connectivity index (χ1n) is 4.89. The molecule has 0 aliphatic heterocycles. The van der Waals surface area contributed by atoms with Crippen LogP contribution < -0.4 is 5.32 Å². The second kappa shape index (κ2) is 4.45. The summed E-state index contributed by atoms with van der Waals surface area (Å²) in [6.07, 6.45) is 3.37. The predicted molar refractivity (Wildman–Crippen MR) is 59.6 cm³/mol. The molecule has 2 aromatic heterocycles. The van der Waals surface area contributed by atoms with Crippen molar-refractivity contribution in [1.82, 2.24) is 15.2 Å². The number of H-pyrrole nitrogens is 1. The van der Waals surface area contributed by atoms with Crippen LogP contribution in [-0.2, 0) is 6.54 Å². The van der Waals surface area contributed by atoms with Crippen LogP contribution in [0, 0.1) is 18.3 Å². The number of rotatable bonds is 3. The quantitative estimate of drug-likeness (QED) is 0.811. The van der Waals surface area contributed by atoms with Crippen molar-refractivity contribution in [2.45, 2.75) is 13.5 Å². The highest BCUT2D eigenvalue weighted by molar-refractivity contribution is 5.53. The van der Waals surface area contributed by atoms with E-state index >= 15 is 0 Å². The number of aromatic nitrogens is 3. The number of aryl methyl sites for hydroxylation is 1. The third kappa shape index (κ3) is 2.01. The Hall–Kier alpha value is -2.35. The van der Waals surface area contributed by atoms with E-state index in [-0.39, 0.29) is 0 Å². The normalized spacial score (nSPS) is 9.75. The number of hydrogen-bond acceptors (Lipinski definition) is 4. The minimum atomic E-state index is 0.406. The number of nitrogens with zero attached hydrogens (tertiary/aromatic N) is 3. The lowest BCUT2D eigenvalue weighted by molar-refractivity contribution is 1.04. The molecule has 0 amide bonds. The molecule has 2 aromatic rings. The number of aromatic amines is 1. The van der Waals surface area contributed by atoms with Gasteiger partial charge in [-0.1, -0.05) is 0 Å². The highest BCUT2D eigenvalue weighted by atomic mass is 15.1. The van der Waals surface area contributed by atoms with Crippen molar-refractivity contribution in [1.29, 1.82) is 5.26 Å². The van der Waals surface area contributed by atoms with Gasteiger partial charge < -0.3 is 5.32 Å². The van der Waals surface area contributed by atoms with Crippen LogP contribution in [0.15, 0.2) is 24.5 Å². The smallest absolute Gasteiger partial charge is 0.163 e. The summed E-state index contributed by atoms with van der Waals surface area (Å²) < 4.78 is 0. The van der Waals surface area contributed by atoms with Gasteiger partial charge in [0, 0.05) is 24.0 Å². The average molecular weight is 213 g/mol. The fraction of sp³-hybridized carbons (Fsp3) is 0.182. The number of anilines is 1. The van der Waals surface area contributed by atoms with Gasteiger partial charge >= 0.3 is 0 Å². The third-order valence-electron chi connectivity index (χ3n) is 2.32. The van der Waals surface area contributed by atoms with E-state index in [1.807, 2.05) is 19.1 Å². The van der Waals surface area contributed by atoms with Gasteiger partial charge in [-0.05, 0) is 19.1 Å². The van der Waals surface area contributed by atoms with E-state index < -0.39 is 0 Å². The van der Waals surface area contributed by atoms with E-state index in [1.54, 1.807) is 18.5 Å². The van der Waals surface area contributed by atoms with Crippen molar-refractivity contribution in [2.24, 2.45) is 0 Å². The number of pyridine rings is 1. The molecule has 5 heteroatoms. The summed E-state index contributed by atoms with van der Waals surface area (Å²) in [5, 5.41) is 18.8. The monoisotopic (exact) mass is 213 g/mol. The molecular formula is C11H11N5. The first kappa shape index (κ1) is 10.2. The molecule has 5 nitrogen and oxygen atoms in total. The standard InChI is InChI=1S/C11H11N5/c1-8-9(7-15-16-8)6-14-10-3-2-4-13-11(10)5-12/h2-4,7,14H,6H2,1H3,(H,15,16). The van der Waals surface area contributed by atoms with Crippen molar-refractivity contribution in [3.63, 3.8) is 0 Å². The minimum absolute atomic E-state index is 0.406. The molecule has 0 aliphatic carbocycles. The highest BCUT2D eigenvalue weighted by Crippen LogP contribution is 2.13. The Morgan fingerprint density at radius 3 is 3.12 bits per heavy atom. The van der Waals surface area contributed by atoms with E-state index in [0.29, 0.717) is 12.2 Å². The van der Waals surface area contributed by atoms with Gasteiger partial charge in [0.2, 0.25) is 0 Å². The van der Waals surface area contributed by atoms with Crippen molar-refractivity contribution in [3.05, 3.63) is 41.5 Å². The molecule has 2 rings (SSSR count). The lowest BCUT2D eigenvalue weighted by Gasteiger charge is -2.06. The molecule has 0 bridgehead atoms. The summed E-state index contributed by atoms with van der Waals surface area (Å²) in [7, 11) is 0. The molecule has 16 heavy (non-hydrogen) atoms. The van der Waals surface area contributed by atoms with E-state index in [9.17, 15) is 0 Å². The Labute approximate surface area is 93.1 Å². The second-order valence-corrected chi connectivity index (χ2v) is 3.39. The van der Waals surface area contributed by atoms with Crippen LogP contribution in [-0.4, -0.2) is 15.2 Å². The molecule has 0 radical (unpaired) electrons. The summed E-state index contributed by atoms with van der Waals surface area (Å²) in [6.45, 7) is 2.58. The maximum Gasteiger partial charge on any atom is 0.163 e. The molecule has 0 saturated carbocycles. The zero-order valence-corrected chi connectivity index (χ0v) is 8.86. The summed E-state index contributed by atoms with van der Waals surface area (Å²) >= 11 is 0. The molecule has 0 spiro atoms. The van der Waals surface area contributed by atoms with Gasteiger partial charge in [0.1, 0.15) is 6.07 Å². The zero-order valence-electron chi connectivity index (χ0n) is 8.86. The molecule has 80 valence electrons. The predicted octanol–water partition coefficient (Wildman–Crippen LogP) is 1.60. The van der Waals surface area contributed by atoms with Crippen LogP contribution in [0.5, 0.6) is 0 Å². The largest absolute Gasteiger partial charge is 0.378 e. The Kier molecular flexibility index (Phi) is 2.83. The van der Waals surface area contributed by atoms with Crippen molar-refractivity contribution >= 4 is 5.69 Å². The number of nitriles is 1. The first-order valence-corrected chi connectivity index (χ1v) is 4.89. The fourth-order valence-electron chi connectivity index (χ4n) is 1.38. The Morgan fingerprint density at radius 2 is 2.44 bits per heavy atom. The number of hydrogen-bond donors (Lipinski definition) is 2. The van der Waals surface area contributed by atoms with Crippen LogP contribution in [0.3, 0.4) is 0 Å². The SMILES string of the molecule is Cc1[nH]ncc1CNc1cccnc1C#N. The van der Waals surface area contributed by atoms with Crippen molar-refractivity contribution in [2.75, 3.05) is 5.32 Å². The minimum Gasteiger partial charge on any atom is -0.378 e. The van der Waals surface area contributed by atoms with Crippen molar-refractivity contribution < 1.29 is 0 Å². The Balaban J connectivity index is 2.11. The average Bonchev–Trinajstić information content (AvgIpc) is 2.72. The van der Waals surface area contributed by atoms with Gasteiger partial charge in [-0.25, -0.2) is 4.98 Å². The lowest BCUT2D eigenvalue weighted by atomic mass is 10.2. The Bertz CT molecular complexity index is 523. The van der Waals surface area contributed by atoms with E-state index in [4.69, 9.17) is 5.26 Å².